The molecule has 240 valence electrons. The molecule has 1 saturated heterocycles. The number of hydrogen-bond acceptors (Lipinski definition) is 7. The van der Waals surface area contributed by atoms with Crippen LogP contribution in [0.2, 0.25) is 0 Å². The molecule has 2 aromatic rings. The number of aliphatic hydroxyl groups is 1. The van der Waals surface area contributed by atoms with E-state index >= 15 is 4.39 Å². The molecule has 0 spiro atoms. The summed E-state index contributed by atoms with van der Waals surface area (Å²) in [5.74, 6) is 0.322. The average Bonchev–Trinajstić information content (AvgIpc) is 3.32. The summed E-state index contributed by atoms with van der Waals surface area (Å²) in [5, 5.41) is 11.8. The molecule has 9 nitrogen and oxygen atoms in total. The van der Waals surface area contributed by atoms with Crippen molar-refractivity contribution in [3.63, 3.8) is 0 Å². The topological polar surface area (TPSA) is 114 Å². The molecule has 3 atom stereocenters. The minimum absolute atomic E-state index is 0.0119. The van der Waals surface area contributed by atoms with Gasteiger partial charge in [-0.3, -0.25) is 9.59 Å². The highest BCUT2D eigenvalue weighted by Gasteiger charge is 2.39. The third-order valence-electron chi connectivity index (χ3n) is 8.05. The fourth-order valence-electron chi connectivity index (χ4n) is 6.04. The van der Waals surface area contributed by atoms with Crippen molar-refractivity contribution in [3.8, 4) is 11.5 Å². The normalized spacial score (nSPS) is 21.3. The molecule has 2 aromatic carbocycles. The second-order valence-electron chi connectivity index (χ2n) is 12.8. The molecule has 0 aliphatic carbocycles. The van der Waals surface area contributed by atoms with Gasteiger partial charge in [0.1, 0.15) is 35.5 Å². The van der Waals surface area contributed by atoms with Crippen molar-refractivity contribution >= 4 is 17.8 Å². The van der Waals surface area contributed by atoms with Crippen molar-refractivity contribution in [2.24, 2.45) is 0 Å². The molecule has 0 radical (unpaired) electrons. The van der Waals surface area contributed by atoms with E-state index in [0.717, 1.165) is 11.1 Å². The van der Waals surface area contributed by atoms with E-state index in [1.54, 1.807) is 39.0 Å². The summed E-state index contributed by atoms with van der Waals surface area (Å²) >= 11 is 0. The molecule has 44 heavy (non-hydrogen) atoms. The van der Waals surface area contributed by atoms with Crippen molar-refractivity contribution in [1.82, 2.24) is 10.2 Å². The number of rotatable bonds is 11. The fraction of sp³-hybridized carbons (Fsp3) is 0.559. The Morgan fingerprint density at radius 1 is 1.18 bits per heavy atom. The first-order valence-corrected chi connectivity index (χ1v) is 15.4. The summed E-state index contributed by atoms with van der Waals surface area (Å²) < 4.78 is 32.9. The number of amides is 2. The molecule has 1 fully saturated rings. The van der Waals surface area contributed by atoms with Gasteiger partial charge in [0.25, 0.3) is 5.91 Å². The van der Waals surface area contributed by atoms with Gasteiger partial charge in [-0.25, -0.2) is 9.18 Å². The van der Waals surface area contributed by atoms with Crippen LogP contribution in [-0.4, -0.2) is 78.5 Å². The predicted octanol–water partition coefficient (Wildman–Crippen LogP) is 5.81. The van der Waals surface area contributed by atoms with Gasteiger partial charge in [0.15, 0.2) is 5.78 Å². The molecule has 10 heteroatoms. The number of alkyl halides is 1. The van der Waals surface area contributed by atoms with Crippen LogP contribution in [0.25, 0.3) is 0 Å². The molecule has 4 rings (SSSR count). The van der Waals surface area contributed by atoms with Crippen LogP contribution in [-0.2, 0) is 4.74 Å². The summed E-state index contributed by atoms with van der Waals surface area (Å²) in [6.45, 7) is 7.80. The number of nitrogens with one attached hydrogen (secondary N) is 1. The Balaban J connectivity index is 1.46. The van der Waals surface area contributed by atoms with E-state index in [9.17, 15) is 14.4 Å². The third-order valence-corrected chi connectivity index (χ3v) is 8.05. The monoisotopic (exact) mass is 612 g/mol. The average molecular weight is 613 g/mol. The molecule has 0 unspecified atom stereocenters. The Hall–Kier alpha value is -3.66. The molecule has 0 bridgehead atoms. The predicted molar refractivity (Wildman–Crippen MR) is 164 cm³/mol. The van der Waals surface area contributed by atoms with Gasteiger partial charge in [-0.15, -0.1) is 0 Å². The zero-order valence-electron chi connectivity index (χ0n) is 26.4. The fourth-order valence-corrected chi connectivity index (χ4v) is 6.04. The van der Waals surface area contributed by atoms with Crippen molar-refractivity contribution in [1.29, 1.82) is 0 Å². The van der Waals surface area contributed by atoms with E-state index in [4.69, 9.17) is 19.3 Å². The van der Waals surface area contributed by atoms with E-state index in [2.05, 4.69) is 5.32 Å². The van der Waals surface area contributed by atoms with Crippen LogP contribution in [0, 0.1) is 0 Å². The lowest BCUT2D eigenvalue weighted by atomic mass is 9.86. The Kier molecular flexibility index (Phi) is 10.6. The molecule has 0 saturated carbocycles. The van der Waals surface area contributed by atoms with E-state index in [-0.39, 0.29) is 56.3 Å². The quantitative estimate of drug-likeness (QED) is 0.243. The van der Waals surface area contributed by atoms with Crippen molar-refractivity contribution < 1.29 is 38.1 Å². The number of fused-ring (bicyclic) bond motifs is 1. The first-order chi connectivity index (χ1) is 20.8. The van der Waals surface area contributed by atoms with Gasteiger partial charge in [-0.05, 0) is 89.6 Å². The Labute approximate surface area is 259 Å². The van der Waals surface area contributed by atoms with E-state index < -0.39 is 17.4 Å². The first kappa shape index (κ1) is 33.2. The number of likely N-dealkylation sites (tertiary alicyclic amines) is 1. The number of hydrogen-bond donors (Lipinski definition) is 2. The van der Waals surface area contributed by atoms with Crippen LogP contribution in [0.15, 0.2) is 36.4 Å². The molecule has 2 N–H and O–H groups in total. The SMILES string of the molecule is CNC(=O)c1cc(C(=O)CCCC[C@]2(F)CCCN(C(=O)OC(C)(C)C)C2)cc2c1O[C@H](C)[C@H]2c1cccc(OCCO)c1. The van der Waals surface area contributed by atoms with Crippen LogP contribution < -0.4 is 14.8 Å². The van der Waals surface area contributed by atoms with Gasteiger partial charge in [0, 0.05) is 37.1 Å². The van der Waals surface area contributed by atoms with Crippen LogP contribution in [0.5, 0.6) is 11.5 Å². The molecule has 0 aromatic heterocycles. The van der Waals surface area contributed by atoms with Crippen molar-refractivity contribution in [2.75, 3.05) is 33.4 Å². The molecule has 2 aliphatic heterocycles. The first-order valence-electron chi connectivity index (χ1n) is 15.4. The standard InChI is InChI=1S/C34H45FN2O7/c1-22-29(23-10-8-11-25(18-23)42-17-16-38)26-19-24(20-27(30(26)43-22)31(40)36-5)28(39)12-6-7-13-34(35)14-9-15-37(21-34)32(41)44-33(2,3)4/h8,10-11,18-20,22,29,38H,6-7,9,12-17,21H2,1-5H3,(H,36,40)/t22-,29+,34+/m1/s1. The minimum Gasteiger partial charge on any atom is -0.491 e. The Bertz CT molecular complexity index is 1360. The second kappa shape index (κ2) is 14.0. The number of aliphatic hydroxyl groups excluding tert-OH is 1. The van der Waals surface area contributed by atoms with Crippen LogP contribution >= 0.6 is 0 Å². The zero-order chi connectivity index (χ0) is 32.1. The highest BCUT2D eigenvalue weighted by atomic mass is 19.1. The number of carbonyl (C=O) groups excluding carboxylic acids is 3. The zero-order valence-corrected chi connectivity index (χ0v) is 26.4. The summed E-state index contributed by atoms with van der Waals surface area (Å²) in [6.07, 6.45) is 1.53. The molecular weight excluding hydrogens is 567 g/mol. The van der Waals surface area contributed by atoms with Gasteiger partial charge in [0.05, 0.1) is 18.7 Å². The maximum Gasteiger partial charge on any atom is 0.410 e. The number of piperidine rings is 1. The summed E-state index contributed by atoms with van der Waals surface area (Å²) in [5.41, 5.74) is 0.179. The Morgan fingerprint density at radius 2 is 1.95 bits per heavy atom. The number of ketones is 1. The van der Waals surface area contributed by atoms with Gasteiger partial charge < -0.3 is 29.5 Å². The van der Waals surface area contributed by atoms with Gasteiger partial charge in [-0.2, -0.15) is 0 Å². The highest BCUT2D eigenvalue weighted by molar-refractivity contribution is 6.03. The number of unbranched alkanes of at least 4 members (excludes halogenated alkanes) is 1. The number of carbonyl (C=O) groups is 3. The third kappa shape index (κ3) is 8.08. The van der Waals surface area contributed by atoms with Gasteiger partial charge in [-0.1, -0.05) is 12.1 Å². The number of Topliss-reactive ketones (excluding diaryl/α,β-unsaturated/α-hetero) is 1. The van der Waals surface area contributed by atoms with Gasteiger partial charge in [0.2, 0.25) is 0 Å². The van der Waals surface area contributed by atoms with Gasteiger partial charge >= 0.3 is 6.09 Å². The largest absolute Gasteiger partial charge is 0.491 e. The summed E-state index contributed by atoms with van der Waals surface area (Å²) in [6, 6.07) is 10.9. The molecule has 2 amide bonds. The lowest BCUT2D eigenvalue weighted by molar-refractivity contribution is -0.00817. The van der Waals surface area contributed by atoms with E-state index in [1.807, 2.05) is 25.1 Å². The van der Waals surface area contributed by atoms with Crippen LogP contribution in [0.1, 0.15) is 104 Å². The Morgan fingerprint density at radius 3 is 2.66 bits per heavy atom. The maximum absolute atomic E-state index is 15.7. The lowest BCUT2D eigenvalue weighted by Gasteiger charge is -2.38. The minimum atomic E-state index is -1.52. The van der Waals surface area contributed by atoms with Crippen LogP contribution in [0.4, 0.5) is 9.18 Å². The summed E-state index contributed by atoms with van der Waals surface area (Å²) in [4.78, 5) is 40.2. The molecule has 2 heterocycles. The molecule has 2 aliphatic rings. The number of benzene rings is 2. The number of ether oxygens (including phenoxy) is 3. The van der Waals surface area contributed by atoms with Crippen molar-refractivity contribution in [3.05, 3.63) is 58.7 Å². The maximum atomic E-state index is 15.7. The smallest absolute Gasteiger partial charge is 0.410 e. The summed E-state index contributed by atoms with van der Waals surface area (Å²) in [7, 11) is 1.53. The molecular formula is C34H45FN2O7. The van der Waals surface area contributed by atoms with E-state index in [1.165, 1.54) is 11.9 Å². The highest BCUT2D eigenvalue weighted by Crippen LogP contribution is 2.45. The van der Waals surface area contributed by atoms with Crippen LogP contribution in [0.3, 0.4) is 0 Å². The van der Waals surface area contributed by atoms with Crippen molar-refractivity contribution in [2.45, 2.75) is 89.5 Å². The van der Waals surface area contributed by atoms with E-state index in [0.29, 0.717) is 54.9 Å². The number of nitrogens with zero attached hydrogens (tertiary/aromatic N) is 1. The lowest BCUT2D eigenvalue weighted by Crippen LogP contribution is -2.49. The number of halogens is 1. The second-order valence-corrected chi connectivity index (χ2v) is 12.8.